The zero-order valence-corrected chi connectivity index (χ0v) is 19.9. The van der Waals surface area contributed by atoms with Gasteiger partial charge in [-0.2, -0.15) is 0 Å². The fraction of sp³-hybridized carbons (Fsp3) is 0.400. The summed E-state index contributed by atoms with van der Waals surface area (Å²) >= 11 is 0. The Kier molecular flexibility index (Phi) is 7.37. The second kappa shape index (κ2) is 10.5. The van der Waals surface area contributed by atoms with Gasteiger partial charge in [0.25, 0.3) is 0 Å². The summed E-state index contributed by atoms with van der Waals surface area (Å²) in [6.45, 7) is 0.353. The number of methoxy groups -OCH3 is 1. The van der Waals surface area contributed by atoms with Crippen molar-refractivity contribution in [3.8, 4) is 11.5 Å². The van der Waals surface area contributed by atoms with Gasteiger partial charge in [-0.15, -0.1) is 18.3 Å². The first-order chi connectivity index (χ1) is 17.1. The highest BCUT2D eigenvalue weighted by Gasteiger charge is 2.32. The Hall–Kier alpha value is -3.76. The van der Waals surface area contributed by atoms with E-state index in [0.717, 1.165) is 42.6 Å². The maximum atomic E-state index is 12.4. The quantitative estimate of drug-likeness (QED) is 0.457. The first kappa shape index (κ1) is 25.3. The molecule has 0 bridgehead atoms. The van der Waals surface area contributed by atoms with Gasteiger partial charge in [0.15, 0.2) is 5.82 Å². The largest absolute Gasteiger partial charge is 0.573 e. The van der Waals surface area contributed by atoms with Crippen molar-refractivity contribution in [3.63, 3.8) is 0 Å². The van der Waals surface area contributed by atoms with Crippen LogP contribution in [0.2, 0.25) is 0 Å². The first-order valence-electron chi connectivity index (χ1n) is 11.5. The number of carbonyl (C=O) groups is 1. The molecule has 36 heavy (non-hydrogen) atoms. The molecule has 0 unspecified atom stereocenters. The molecule has 4 rings (SSSR count). The molecule has 2 aromatic carbocycles. The van der Waals surface area contributed by atoms with Crippen LogP contribution in [0.5, 0.6) is 11.5 Å². The summed E-state index contributed by atoms with van der Waals surface area (Å²) < 4.78 is 48.0. The van der Waals surface area contributed by atoms with E-state index in [0.29, 0.717) is 12.4 Å². The Balaban J connectivity index is 1.45. The highest BCUT2D eigenvalue weighted by molar-refractivity contribution is 5.91. The van der Waals surface area contributed by atoms with Crippen molar-refractivity contribution in [3.05, 3.63) is 65.4 Å². The molecule has 1 aromatic heterocycles. The topological polar surface area (TPSA) is 89.7 Å². The zero-order valence-electron chi connectivity index (χ0n) is 19.9. The summed E-state index contributed by atoms with van der Waals surface area (Å²) in [6.07, 6.45) is -1.51. The minimum absolute atomic E-state index is 0.0697. The van der Waals surface area contributed by atoms with Crippen LogP contribution in [0, 0.1) is 0 Å². The van der Waals surface area contributed by atoms with Crippen molar-refractivity contribution in [2.75, 3.05) is 19.1 Å². The highest BCUT2D eigenvalue weighted by Crippen LogP contribution is 2.37. The summed E-state index contributed by atoms with van der Waals surface area (Å²) in [7, 11) is 3.44. The minimum Gasteiger partial charge on any atom is -0.497 e. The molecule has 0 aliphatic heterocycles. The molecule has 3 aromatic rings. The Morgan fingerprint density at radius 2 is 1.67 bits per heavy atom. The summed E-state index contributed by atoms with van der Waals surface area (Å²) in [6, 6.07) is 13.5. The third kappa shape index (κ3) is 5.89. The van der Waals surface area contributed by atoms with Crippen molar-refractivity contribution in [1.29, 1.82) is 0 Å². The molecule has 1 saturated carbocycles. The van der Waals surface area contributed by atoms with Crippen LogP contribution in [0.4, 0.5) is 19.0 Å². The molecule has 0 radical (unpaired) electrons. The molecule has 1 N–H and O–H groups in total. The number of alkyl halides is 3. The lowest BCUT2D eigenvalue weighted by atomic mass is 9.81. The van der Waals surface area contributed by atoms with Gasteiger partial charge in [-0.05, 0) is 67.0 Å². The van der Waals surface area contributed by atoms with Crippen LogP contribution in [0.1, 0.15) is 53.2 Å². The molecular formula is C25H27F3N4O4. The monoisotopic (exact) mass is 504 g/mol. The average Bonchev–Trinajstić information content (AvgIpc) is 3.27. The number of anilines is 1. The minimum atomic E-state index is -4.71. The van der Waals surface area contributed by atoms with E-state index in [4.69, 9.17) is 4.74 Å². The Bertz CT molecular complexity index is 1170. The van der Waals surface area contributed by atoms with Crippen molar-refractivity contribution in [2.24, 2.45) is 0 Å². The first-order valence-corrected chi connectivity index (χ1v) is 11.5. The van der Waals surface area contributed by atoms with Gasteiger partial charge >= 0.3 is 12.3 Å². The molecule has 192 valence electrons. The fourth-order valence-electron chi connectivity index (χ4n) is 4.72. The van der Waals surface area contributed by atoms with Gasteiger partial charge in [-0.3, -0.25) is 0 Å². The molecule has 1 aliphatic carbocycles. The lowest BCUT2D eigenvalue weighted by Crippen LogP contribution is -2.37. The molecule has 1 heterocycles. The lowest BCUT2D eigenvalue weighted by molar-refractivity contribution is -0.274. The summed E-state index contributed by atoms with van der Waals surface area (Å²) in [5.41, 5.74) is 1.78. The second-order valence-corrected chi connectivity index (χ2v) is 8.81. The third-order valence-electron chi connectivity index (χ3n) is 6.57. The van der Waals surface area contributed by atoms with Crippen molar-refractivity contribution >= 4 is 11.8 Å². The third-order valence-corrected chi connectivity index (χ3v) is 6.57. The standard InChI is InChI=1S/C25H27F3N4O4/c1-31(19-9-5-17(6-10-19)18-7-13-21(14-8-18)36-25(26,27)28)23-22(24(33)34)29-30-32(23)15-16-3-11-20(35-2)12-4-16/h3-4,7-8,11-14,17,19H,5-6,9-10,15H2,1-2H3,(H,33,34)/t17-,19+. The van der Waals surface area contributed by atoms with Gasteiger partial charge in [0, 0.05) is 13.1 Å². The zero-order chi connectivity index (χ0) is 25.9. The van der Waals surface area contributed by atoms with Gasteiger partial charge in [-0.25, -0.2) is 9.48 Å². The smallest absolute Gasteiger partial charge is 0.497 e. The summed E-state index contributed by atoms with van der Waals surface area (Å²) in [5, 5.41) is 17.7. The van der Waals surface area contributed by atoms with E-state index in [1.807, 2.05) is 36.2 Å². The van der Waals surface area contributed by atoms with E-state index in [1.54, 1.807) is 23.9 Å². The van der Waals surface area contributed by atoms with E-state index < -0.39 is 12.3 Å². The van der Waals surface area contributed by atoms with Gasteiger partial charge in [0.1, 0.15) is 11.5 Å². The van der Waals surface area contributed by atoms with Crippen molar-refractivity contribution < 1.29 is 32.5 Å². The fourth-order valence-corrected chi connectivity index (χ4v) is 4.72. The Morgan fingerprint density at radius 3 is 2.22 bits per heavy atom. The molecular weight excluding hydrogens is 477 g/mol. The van der Waals surface area contributed by atoms with Gasteiger partial charge in [0.05, 0.1) is 13.7 Å². The molecule has 11 heteroatoms. The normalized spacial score (nSPS) is 18.0. The van der Waals surface area contributed by atoms with Crippen LogP contribution in [0.25, 0.3) is 0 Å². The number of rotatable bonds is 8. The number of ether oxygens (including phenoxy) is 2. The van der Waals surface area contributed by atoms with Crippen molar-refractivity contribution in [1.82, 2.24) is 15.0 Å². The van der Waals surface area contributed by atoms with Crippen LogP contribution >= 0.6 is 0 Å². The van der Waals surface area contributed by atoms with E-state index in [2.05, 4.69) is 15.0 Å². The molecule has 1 fully saturated rings. The maximum absolute atomic E-state index is 12.4. The van der Waals surface area contributed by atoms with Gasteiger partial charge < -0.3 is 19.5 Å². The predicted molar refractivity (Wildman–Crippen MR) is 126 cm³/mol. The number of hydrogen-bond donors (Lipinski definition) is 1. The van der Waals surface area contributed by atoms with Gasteiger partial charge in [0.2, 0.25) is 5.69 Å². The molecule has 0 spiro atoms. The number of halogens is 3. The van der Waals surface area contributed by atoms with Crippen LogP contribution in [-0.2, 0) is 6.54 Å². The summed E-state index contributed by atoms with van der Waals surface area (Å²) in [4.78, 5) is 13.8. The van der Waals surface area contributed by atoms with E-state index in [9.17, 15) is 23.1 Å². The Morgan fingerprint density at radius 1 is 1.06 bits per heavy atom. The summed E-state index contributed by atoms with van der Waals surface area (Å²) in [5.74, 6) is -0.0161. The SMILES string of the molecule is COc1ccc(Cn2nnc(C(=O)O)c2N(C)[C@H]2CC[C@@H](c3ccc(OC(F)(F)F)cc3)CC2)cc1. The average molecular weight is 505 g/mol. The van der Waals surface area contributed by atoms with E-state index >= 15 is 0 Å². The van der Waals surface area contributed by atoms with Gasteiger partial charge in [-0.1, -0.05) is 29.5 Å². The maximum Gasteiger partial charge on any atom is 0.573 e. The second-order valence-electron chi connectivity index (χ2n) is 8.81. The van der Waals surface area contributed by atoms with E-state index in [-0.39, 0.29) is 23.4 Å². The van der Waals surface area contributed by atoms with Crippen LogP contribution in [-0.4, -0.2) is 52.6 Å². The van der Waals surface area contributed by atoms with Crippen molar-refractivity contribution in [2.45, 2.75) is 50.6 Å². The van der Waals surface area contributed by atoms with Crippen LogP contribution in [0.3, 0.4) is 0 Å². The highest BCUT2D eigenvalue weighted by atomic mass is 19.4. The van der Waals surface area contributed by atoms with E-state index in [1.165, 1.54) is 12.1 Å². The molecule has 8 nitrogen and oxygen atoms in total. The molecule has 1 aliphatic rings. The molecule has 0 amide bonds. The number of carboxylic acid groups (broad SMARTS) is 1. The molecule has 0 saturated heterocycles. The number of nitrogens with zero attached hydrogens (tertiary/aromatic N) is 4. The van der Waals surface area contributed by atoms with Crippen LogP contribution < -0.4 is 14.4 Å². The molecule has 0 atom stereocenters. The number of hydrogen-bond acceptors (Lipinski definition) is 6. The number of aromatic nitrogens is 3. The lowest BCUT2D eigenvalue weighted by Gasteiger charge is -2.36. The number of benzene rings is 2. The predicted octanol–water partition coefficient (Wildman–Crippen LogP) is 5.09. The number of aromatic carboxylic acids is 1. The Labute approximate surface area is 206 Å². The van der Waals surface area contributed by atoms with Crippen LogP contribution in [0.15, 0.2) is 48.5 Å². The number of carboxylic acids is 1.